The van der Waals surface area contributed by atoms with Crippen LogP contribution >= 0.6 is 0 Å². The average Bonchev–Trinajstić information content (AvgIpc) is 2.28. The minimum absolute atomic E-state index is 0.0687. The summed E-state index contributed by atoms with van der Waals surface area (Å²) in [6.07, 6.45) is -0.366. The first-order chi connectivity index (χ1) is 8.40. The van der Waals surface area contributed by atoms with Gasteiger partial charge in [-0.05, 0) is 13.3 Å². The first-order valence-corrected chi connectivity index (χ1v) is 5.64. The maximum absolute atomic E-state index is 11.5. The molecule has 102 valence electrons. The van der Waals surface area contributed by atoms with Gasteiger partial charge in [0, 0.05) is 19.0 Å². The normalized spacial score (nSPS) is 22.6. The van der Waals surface area contributed by atoms with Gasteiger partial charge in [-0.2, -0.15) is 0 Å². The molecule has 1 saturated heterocycles. The zero-order valence-electron chi connectivity index (χ0n) is 9.97. The van der Waals surface area contributed by atoms with Gasteiger partial charge in [-0.15, -0.1) is 0 Å². The van der Waals surface area contributed by atoms with Crippen molar-refractivity contribution in [3.8, 4) is 0 Å². The molecule has 0 spiro atoms. The number of hydrogen-bond donors (Lipinski definition) is 5. The van der Waals surface area contributed by atoms with E-state index in [-0.39, 0.29) is 11.9 Å². The van der Waals surface area contributed by atoms with E-state index in [0.717, 1.165) is 0 Å². The lowest BCUT2D eigenvalue weighted by Crippen LogP contribution is -2.55. The molecule has 0 aromatic heterocycles. The quantitative estimate of drug-likeness (QED) is 0.415. The fourth-order valence-corrected chi connectivity index (χ4v) is 1.61. The first kappa shape index (κ1) is 14.2. The third-order valence-electron chi connectivity index (χ3n) is 2.64. The van der Waals surface area contributed by atoms with Crippen LogP contribution in [0.2, 0.25) is 0 Å². The average molecular weight is 259 g/mol. The van der Waals surface area contributed by atoms with Crippen LogP contribution in [0.15, 0.2) is 0 Å². The number of urea groups is 1. The number of rotatable bonds is 4. The van der Waals surface area contributed by atoms with Crippen molar-refractivity contribution < 1.29 is 24.6 Å². The number of aliphatic hydroxyl groups excluding tert-OH is 1. The van der Waals surface area contributed by atoms with E-state index in [0.29, 0.717) is 19.4 Å². The predicted molar refractivity (Wildman–Crippen MR) is 60.8 cm³/mol. The van der Waals surface area contributed by atoms with Crippen LogP contribution in [-0.4, -0.2) is 52.9 Å². The molecule has 1 fully saturated rings. The van der Waals surface area contributed by atoms with Crippen molar-refractivity contribution in [2.24, 2.45) is 0 Å². The second-order valence-corrected chi connectivity index (χ2v) is 4.21. The largest absolute Gasteiger partial charge is 0.480 e. The topological polar surface area (TPSA) is 128 Å². The zero-order chi connectivity index (χ0) is 13.7. The molecule has 8 heteroatoms. The fraction of sp³-hybridized carbons (Fsp3) is 0.700. The molecule has 0 aromatic rings. The molecular weight excluding hydrogens is 242 g/mol. The van der Waals surface area contributed by atoms with Gasteiger partial charge < -0.3 is 26.2 Å². The van der Waals surface area contributed by atoms with Crippen LogP contribution in [0.1, 0.15) is 19.8 Å². The Hall–Kier alpha value is -1.83. The van der Waals surface area contributed by atoms with Gasteiger partial charge in [-0.3, -0.25) is 4.79 Å². The minimum Gasteiger partial charge on any atom is -0.480 e. The number of carboxylic acids is 1. The number of nitrogens with one attached hydrogen (secondary N) is 3. The highest BCUT2D eigenvalue weighted by atomic mass is 16.4. The monoisotopic (exact) mass is 259 g/mol. The molecule has 1 rings (SSSR count). The molecule has 1 unspecified atom stereocenters. The zero-order valence-corrected chi connectivity index (χ0v) is 9.97. The van der Waals surface area contributed by atoms with Crippen molar-refractivity contribution in [1.82, 2.24) is 16.0 Å². The second kappa shape index (κ2) is 6.20. The van der Waals surface area contributed by atoms with Crippen LogP contribution in [0.5, 0.6) is 0 Å². The molecule has 3 amide bonds. The van der Waals surface area contributed by atoms with Crippen LogP contribution < -0.4 is 16.0 Å². The molecule has 8 nitrogen and oxygen atoms in total. The molecule has 0 saturated carbocycles. The standard InChI is InChI=1S/C10H17N3O5/c1-5(14)8(9(16)17)13-10(18)12-6-2-3-7(15)11-4-6/h5-6,8,14H,2-4H2,1H3,(H,11,15)(H,16,17)(H2,12,13,18)/t5-,6?,8+/m1/s1. The van der Waals surface area contributed by atoms with Gasteiger partial charge in [-0.25, -0.2) is 9.59 Å². The summed E-state index contributed by atoms with van der Waals surface area (Å²) in [7, 11) is 0. The van der Waals surface area contributed by atoms with Crippen molar-refractivity contribution in [2.45, 2.75) is 38.0 Å². The molecule has 1 aliphatic heterocycles. The smallest absolute Gasteiger partial charge is 0.328 e. The van der Waals surface area contributed by atoms with Gasteiger partial charge in [0.25, 0.3) is 0 Å². The summed E-state index contributed by atoms with van der Waals surface area (Å²) >= 11 is 0. The van der Waals surface area contributed by atoms with E-state index in [2.05, 4.69) is 16.0 Å². The van der Waals surface area contributed by atoms with Crippen LogP contribution in [0.4, 0.5) is 4.79 Å². The van der Waals surface area contributed by atoms with E-state index in [9.17, 15) is 19.5 Å². The molecular formula is C10H17N3O5. The summed E-state index contributed by atoms with van der Waals surface area (Å²) in [4.78, 5) is 33.2. The maximum Gasteiger partial charge on any atom is 0.328 e. The molecule has 1 heterocycles. The maximum atomic E-state index is 11.5. The van der Waals surface area contributed by atoms with E-state index in [1.807, 2.05) is 0 Å². The summed E-state index contributed by atoms with van der Waals surface area (Å²) in [5, 5.41) is 25.3. The number of hydrogen-bond acceptors (Lipinski definition) is 4. The van der Waals surface area contributed by atoms with Crippen molar-refractivity contribution in [3.05, 3.63) is 0 Å². The molecule has 1 aliphatic rings. The Morgan fingerprint density at radius 2 is 2.17 bits per heavy atom. The van der Waals surface area contributed by atoms with Crippen LogP contribution in [0.3, 0.4) is 0 Å². The van der Waals surface area contributed by atoms with Gasteiger partial charge in [0.15, 0.2) is 6.04 Å². The molecule has 3 atom stereocenters. The van der Waals surface area contributed by atoms with Crippen molar-refractivity contribution in [2.75, 3.05) is 6.54 Å². The number of carbonyl (C=O) groups is 3. The van der Waals surface area contributed by atoms with Gasteiger partial charge in [0.1, 0.15) is 0 Å². The molecule has 5 N–H and O–H groups in total. The van der Waals surface area contributed by atoms with Crippen molar-refractivity contribution in [1.29, 1.82) is 0 Å². The summed E-state index contributed by atoms with van der Waals surface area (Å²) in [5.41, 5.74) is 0. The summed E-state index contributed by atoms with van der Waals surface area (Å²) in [6.45, 7) is 1.60. The Kier molecular flexibility index (Phi) is 4.90. The highest BCUT2D eigenvalue weighted by molar-refractivity contribution is 5.83. The Morgan fingerprint density at radius 1 is 1.50 bits per heavy atom. The van der Waals surface area contributed by atoms with E-state index in [1.165, 1.54) is 6.92 Å². The van der Waals surface area contributed by atoms with Gasteiger partial charge in [0.2, 0.25) is 5.91 Å². The first-order valence-electron chi connectivity index (χ1n) is 5.64. The number of aliphatic carboxylic acids is 1. The molecule has 0 aromatic carbocycles. The predicted octanol–water partition coefficient (Wildman–Crippen LogP) is -1.60. The SMILES string of the molecule is C[C@@H](O)[C@H](NC(=O)NC1CCC(=O)NC1)C(=O)O. The summed E-state index contributed by atoms with van der Waals surface area (Å²) < 4.78 is 0. The molecule has 0 aliphatic carbocycles. The fourth-order valence-electron chi connectivity index (χ4n) is 1.61. The number of amides is 3. The van der Waals surface area contributed by atoms with Gasteiger partial charge in [0.05, 0.1) is 6.10 Å². The third kappa shape index (κ3) is 4.21. The van der Waals surface area contributed by atoms with E-state index in [1.54, 1.807) is 0 Å². The number of carbonyl (C=O) groups excluding carboxylic acids is 2. The molecule has 18 heavy (non-hydrogen) atoms. The van der Waals surface area contributed by atoms with E-state index < -0.39 is 24.1 Å². The van der Waals surface area contributed by atoms with Crippen LogP contribution in [-0.2, 0) is 9.59 Å². The van der Waals surface area contributed by atoms with E-state index in [4.69, 9.17) is 5.11 Å². The Balaban J connectivity index is 2.41. The summed E-state index contributed by atoms with van der Waals surface area (Å²) in [6, 6.07) is -2.27. The third-order valence-corrected chi connectivity index (χ3v) is 2.64. The van der Waals surface area contributed by atoms with E-state index >= 15 is 0 Å². The second-order valence-electron chi connectivity index (χ2n) is 4.21. The highest BCUT2D eigenvalue weighted by Crippen LogP contribution is 2.02. The minimum atomic E-state index is -1.36. The molecule has 0 bridgehead atoms. The lowest BCUT2D eigenvalue weighted by molar-refractivity contribution is -0.141. The number of aliphatic hydroxyl groups is 1. The Morgan fingerprint density at radius 3 is 2.61 bits per heavy atom. The van der Waals surface area contributed by atoms with Gasteiger partial charge >= 0.3 is 12.0 Å². The Labute approximate surface area is 104 Å². The number of piperidine rings is 1. The lowest BCUT2D eigenvalue weighted by atomic mass is 10.1. The number of carboxylic acid groups (broad SMARTS) is 1. The van der Waals surface area contributed by atoms with Crippen LogP contribution in [0.25, 0.3) is 0 Å². The van der Waals surface area contributed by atoms with Crippen molar-refractivity contribution in [3.63, 3.8) is 0 Å². The lowest BCUT2D eigenvalue weighted by Gasteiger charge is -2.25. The molecule has 0 radical (unpaired) electrons. The van der Waals surface area contributed by atoms with Gasteiger partial charge in [-0.1, -0.05) is 0 Å². The summed E-state index contributed by atoms with van der Waals surface area (Å²) in [5.74, 6) is -1.38. The van der Waals surface area contributed by atoms with Crippen molar-refractivity contribution >= 4 is 17.9 Å². The van der Waals surface area contributed by atoms with Crippen LogP contribution in [0, 0.1) is 0 Å². The highest BCUT2D eigenvalue weighted by Gasteiger charge is 2.26. The Bertz CT molecular complexity index is 334.